The van der Waals surface area contributed by atoms with Crippen LogP contribution in [0.3, 0.4) is 0 Å². The Hall–Kier alpha value is -1.52. The summed E-state index contributed by atoms with van der Waals surface area (Å²) in [5.41, 5.74) is 1.03. The second-order valence-electron chi connectivity index (χ2n) is 3.94. The van der Waals surface area contributed by atoms with E-state index >= 15 is 0 Å². The van der Waals surface area contributed by atoms with Crippen molar-refractivity contribution in [2.24, 2.45) is 0 Å². The van der Waals surface area contributed by atoms with Crippen LogP contribution in [0, 0.1) is 0 Å². The van der Waals surface area contributed by atoms with Crippen LogP contribution in [-0.2, 0) is 6.54 Å². The third kappa shape index (κ3) is 2.29. The minimum absolute atomic E-state index is 0.119. The van der Waals surface area contributed by atoms with Gasteiger partial charge < -0.3 is 9.80 Å². The van der Waals surface area contributed by atoms with E-state index in [-0.39, 0.29) is 6.03 Å². The highest BCUT2D eigenvalue weighted by molar-refractivity contribution is 5.74. The Morgan fingerprint density at radius 1 is 1.60 bits per heavy atom. The van der Waals surface area contributed by atoms with Crippen molar-refractivity contribution < 1.29 is 4.79 Å². The van der Waals surface area contributed by atoms with Gasteiger partial charge in [-0.25, -0.2) is 4.79 Å². The van der Waals surface area contributed by atoms with Crippen molar-refractivity contribution >= 4 is 6.03 Å². The molecule has 0 bridgehead atoms. The highest BCUT2D eigenvalue weighted by Crippen LogP contribution is 2.11. The summed E-state index contributed by atoms with van der Waals surface area (Å²) < 4.78 is 0. The van der Waals surface area contributed by atoms with Crippen molar-refractivity contribution in [3.8, 4) is 0 Å². The van der Waals surface area contributed by atoms with Crippen molar-refractivity contribution in [1.29, 1.82) is 0 Å². The number of amides is 2. The molecular formula is C10H16N4O. The first-order valence-corrected chi connectivity index (χ1v) is 5.25. The van der Waals surface area contributed by atoms with Crippen LogP contribution in [0.4, 0.5) is 4.79 Å². The van der Waals surface area contributed by atoms with Gasteiger partial charge in [-0.2, -0.15) is 5.10 Å². The average molecular weight is 208 g/mol. The maximum absolute atomic E-state index is 11.9. The second-order valence-corrected chi connectivity index (χ2v) is 3.94. The van der Waals surface area contributed by atoms with Gasteiger partial charge in [-0.1, -0.05) is 0 Å². The van der Waals surface area contributed by atoms with Crippen molar-refractivity contribution in [3.05, 3.63) is 18.0 Å². The zero-order chi connectivity index (χ0) is 10.7. The number of hydrogen-bond acceptors (Lipinski definition) is 2. The summed E-state index contributed by atoms with van der Waals surface area (Å²) in [6, 6.07) is 0.119. The molecule has 0 aromatic carbocycles. The molecule has 1 aliphatic rings. The number of H-pyrrole nitrogens is 1. The van der Waals surface area contributed by atoms with Gasteiger partial charge in [0.15, 0.2) is 0 Å². The third-order valence-corrected chi connectivity index (χ3v) is 2.68. The molecule has 0 saturated carbocycles. The van der Waals surface area contributed by atoms with Crippen LogP contribution >= 0.6 is 0 Å². The first kappa shape index (κ1) is 10.0. The summed E-state index contributed by atoms with van der Waals surface area (Å²) in [6.07, 6.45) is 5.82. The summed E-state index contributed by atoms with van der Waals surface area (Å²) in [5.74, 6) is 0. The lowest BCUT2D eigenvalue weighted by molar-refractivity contribution is 0.171. The molecule has 1 saturated heterocycles. The lowest BCUT2D eigenvalue weighted by atomic mass is 10.3. The molecule has 0 unspecified atom stereocenters. The zero-order valence-electron chi connectivity index (χ0n) is 8.94. The Bertz CT molecular complexity index is 316. The van der Waals surface area contributed by atoms with Gasteiger partial charge in [-0.3, -0.25) is 5.10 Å². The Morgan fingerprint density at radius 3 is 2.93 bits per heavy atom. The number of rotatable bonds is 2. The molecule has 0 atom stereocenters. The average Bonchev–Trinajstić information content (AvgIpc) is 2.88. The van der Waals surface area contributed by atoms with Crippen LogP contribution in [0.5, 0.6) is 0 Å². The van der Waals surface area contributed by atoms with Crippen LogP contribution in [-0.4, -0.2) is 46.2 Å². The molecule has 82 valence electrons. The van der Waals surface area contributed by atoms with Gasteiger partial charge in [0.05, 0.1) is 12.7 Å². The SMILES string of the molecule is CN(Cc1cn[nH]c1)C(=O)N1CCCC1. The Kier molecular flexibility index (Phi) is 2.89. The third-order valence-electron chi connectivity index (χ3n) is 2.68. The van der Waals surface area contributed by atoms with E-state index in [4.69, 9.17) is 0 Å². The number of carbonyl (C=O) groups is 1. The number of nitrogens with zero attached hydrogens (tertiary/aromatic N) is 3. The molecule has 0 aliphatic carbocycles. The predicted octanol–water partition coefficient (Wildman–Crippen LogP) is 1.06. The quantitative estimate of drug-likeness (QED) is 0.790. The van der Waals surface area contributed by atoms with Crippen LogP contribution in [0.2, 0.25) is 0 Å². The van der Waals surface area contributed by atoms with E-state index in [2.05, 4.69) is 10.2 Å². The van der Waals surface area contributed by atoms with E-state index in [1.54, 1.807) is 11.1 Å². The molecule has 5 nitrogen and oxygen atoms in total. The maximum Gasteiger partial charge on any atom is 0.320 e. The molecule has 0 radical (unpaired) electrons. The zero-order valence-corrected chi connectivity index (χ0v) is 8.94. The largest absolute Gasteiger partial charge is 0.325 e. The van der Waals surface area contributed by atoms with Gasteiger partial charge in [0.25, 0.3) is 0 Å². The number of aromatic amines is 1. The van der Waals surface area contributed by atoms with Gasteiger partial charge in [-0.05, 0) is 12.8 Å². The van der Waals surface area contributed by atoms with Crippen molar-refractivity contribution in [2.75, 3.05) is 20.1 Å². The highest BCUT2D eigenvalue weighted by Gasteiger charge is 2.21. The summed E-state index contributed by atoms with van der Waals surface area (Å²) in [7, 11) is 1.83. The molecule has 1 aromatic rings. The summed E-state index contributed by atoms with van der Waals surface area (Å²) in [5, 5.41) is 6.60. The lowest BCUT2D eigenvalue weighted by Crippen LogP contribution is -2.38. The molecule has 15 heavy (non-hydrogen) atoms. The molecule has 2 amide bonds. The van der Waals surface area contributed by atoms with Crippen molar-refractivity contribution in [3.63, 3.8) is 0 Å². The van der Waals surface area contributed by atoms with Crippen molar-refractivity contribution in [1.82, 2.24) is 20.0 Å². The van der Waals surface area contributed by atoms with E-state index in [0.717, 1.165) is 31.5 Å². The summed E-state index contributed by atoms with van der Waals surface area (Å²) in [6.45, 7) is 2.41. The van der Waals surface area contributed by atoms with Crippen LogP contribution < -0.4 is 0 Å². The minimum Gasteiger partial charge on any atom is -0.325 e. The lowest BCUT2D eigenvalue weighted by Gasteiger charge is -2.23. The number of aromatic nitrogens is 2. The smallest absolute Gasteiger partial charge is 0.320 e. The molecule has 0 spiro atoms. The van der Waals surface area contributed by atoms with Gasteiger partial charge in [0.1, 0.15) is 0 Å². The molecule has 1 aliphatic heterocycles. The van der Waals surface area contributed by atoms with Crippen LogP contribution in [0.1, 0.15) is 18.4 Å². The number of hydrogen-bond donors (Lipinski definition) is 1. The molecule has 5 heteroatoms. The topological polar surface area (TPSA) is 52.2 Å². The van der Waals surface area contributed by atoms with E-state index in [0.29, 0.717) is 6.54 Å². The molecular weight excluding hydrogens is 192 g/mol. The molecule has 2 rings (SSSR count). The summed E-state index contributed by atoms with van der Waals surface area (Å²) >= 11 is 0. The summed E-state index contributed by atoms with van der Waals surface area (Å²) in [4.78, 5) is 15.5. The van der Waals surface area contributed by atoms with E-state index < -0.39 is 0 Å². The number of nitrogens with one attached hydrogen (secondary N) is 1. The highest BCUT2D eigenvalue weighted by atomic mass is 16.2. The van der Waals surface area contributed by atoms with E-state index in [9.17, 15) is 4.79 Å². The monoisotopic (exact) mass is 208 g/mol. The van der Waals surface area contributed by atoms with Gasteiger partial charge >= 0.3 is 6.03 Å². The fraction of sp³-hybridized carbons (Fsp3) is 0.600. The van der Waals surface area contributed by atoms with Crippen LogP contribution in [0.25, 0.3) is 0 Å². The number of carbonyl (C=O) groups excluding carboxylic acids is 1. The molecule has 2 heterocycles. The Morgan fingerprint density at radius 2 is 2.33 bits per heavy atom. The number of likely N-dealkylation sites (tertiary alicyclic amines) is 1. The predicted molar refractivity (Wildman–Crippen MR) is 56.3 cm³/mol. The van der Waals surface area contributed by atoms with Gasteiger partial charge in [0, 0.05) is 31.9 Å². The fourth-order valence-electron chi connectivity index (χ4n) is 1.86. The molecule has 1 aromatic heterocycles. The Labute approximate surface area is 89.1 Å². The fourth-order valence-corrected chi connectivity index (χ4v) is 1.86. The standard InChI is InChI=1S/C10H16N4O/c1-13(8-9-6-11-12-7-9)10(15)14-4-2-3-5-14/h6-7H,2-5,8H2,1H3,(H,11,12). The second kappa shape index (κ2) is 4.33. The number of urea groups is 1. The molecule has 1 N–H and O–H groups in total. The normalized spacial score (nSPS) is 15.7. The molecule has 1 fully saturated rings. The first-order chi connectivity index (χ1) is 7.27. The minimum atomic E-state index is 0.119. The maximum atomic E-state index is 11.9. The Balaban J connectivity index is 1.89. The van der Waals surface area contributed by atoms with Crippen LogP contribution in [0.15, 0.2) is 12.4 Å². The van der Waals surface area contributed by atoms with E-state index in [1.807, 2.05) is 18.1 Å². The first-order valence-electron chi connectivity index (χ1n) is 5.25. The van der Waals surface area contributed by atoms with Gasteiger partial charge in [-0.15, -0.1) is 0 Å². The van der Waals surface area contributed by atoms with Crippen molar-refractivity contribution in [2.45, 2.75) is 19.4 Å². The van der Waals surface area contributed by atoms with E-state index in [1.165, 1.54) is 0 Å². The van der Waals surface area contributed by atoms with Gasteiger partial charge in [0.2, 0.25) is 0 Å².